The van der Waals surface area contributed by atoms with Crippen LogP contribution in [0.15, 0.2) is 37.2 Å². The standard InChI is InChI=1S/C16H21N5O4.C11H13N5O2/c1-15(2,3)25-14(24)20-8-4-16(5-9-20)12(22)21(13(23)19-16)11-10-17-6-7-18-11;17-9-11(1-3-12-4-2-11)15-10(18)16(9)8-7-13-5-6-14-8/h6-7,10H,4-5,8-9H2,1-3H3,(H,19,23);5-7,12H,1-4H2,(H,15,18). The summed E-state index contributed by atoms with van der Waals surface area (Å²) in [6.07, 6.45) is 10.1. The third kappa shape index (κ3) is 5.95. The molecule has 7 amide bonds. The molecule has 2 aromatic heterocycles. The van der Waals surface area contributed by atoms with Gasteiger partial charge in [0.05, 0.1) is 12.4 Å². The molecular formula is C27H34N10O6. The summed E-state index contributed by atoms with van der Waals surface area (Å²) in [7, 11) is 0. The molecule has 0 aromatic carbocycles. The zero-order valence-corrected chi connectivity index (χ0v) is 24.2. The fraction of sp³-hybridized carbons (Fsp3) is 0.519. The van der Waals surface area contributed by atoms with Crippen LogP contribution in [0.5, 0.6) is 0 Å². The van der Waals surface area contributed by atoms with Gasteiger partial charge in [-0.15, -0.1) is 0 Å². The Morgan fingerprint density at radius 1 is 0.767 bits per heavy atom. The summed E-state index contributed by atoms with van der Waals surface area (Å²) in [5, 5.41) is 8.74. The van der Waals surface area contributed by atoms with Crippen LogP contribution in [0, 0.1) is 0 Å². The number of nitrogens with zero attached hydrogens (tertiary/aromatic N) is 7. The normalized spacial score (nSPS) is 21.0. The molecule has 0 atom stereocenters. The molecule has 6 rings (SSSR count). The minimum Gasteiger partial charge on any atom is -0.444 e. The van der Waals surface area contributed by atoms with E-state index >= 15 is 0 Å². The molecule has 0 aliphatic carbocycles. The summed E-state index contributed by atoms with van der Waals surface area (Å²) in [5.74, 6) is -0.122. The fourth-order valence-electron chi connectivity index (χ4n) is 5.40. The van der Waals surface area contributed by atoms with Crippen LogP contribution in [0.3, 0.4) is 0 Å². The van der Waals surface area contributed by atoms with E-state index in [0.717, 1.165) is 22.9 Å². The Kier molecular flexibility index (Phi) is 7.96. The third-order valence-corrected chi connectivity index (χ3v) is 7.61. The van der Waals surface area contributed by atoms with E-state index in [0.29, 0.717) is 38.8 Å². The van der Waals surface area contributed by atoms with Gasteiger partial charge in [-0.1, -0.05) is 0 Å². The zero-order chi connectivity index (χ0) is 30.8. The molecule has 16 nitrogen and oxygen atoms in total. The summed E-state index contributed by atoms with van der Waals surface area (Å²) < 4.78 is 5.35. The van der Waals surface area contributed by atoms with Gasteiger partial charge in [-0.3, -0.25) is 19.6 Å². The Morgan fingerprint density at radius 2 is 1.23 bits per heavy atom. The van der Waals surface area contributed by atoms with Gasteiger partial charge in [0.25, 0.3) is 11.8 Å². The van der Waals surface area contributed by atoms with Crippen LogP contribution in [0.4, 0.5) is 26.0 Å². The van der Waals surface area contributed by atoms with Crippen LogP contribution in [-0.2, 0) is 14.3 Å². The lowest BCUT2D eigenvalue weighted by atomic mass is 9.87. The number of hydrogen-bond donors (Lipinski definition) is 3. The number of anilines is 2. The number of likely N-dealkylation sites (tertiary alicyclic amines) is 1. The Morgan fingerprint density at radius 3 is 1.65 bits per heavy atom. The molecule has 228 valence electrons. The molecule has 3 N–H and O–H groups in total. The maximum atomic E-state index is 12.8. The van der Waals surface area contributed by atoms with Crippen molar-refractivity contribution in [1.29, 1.82) is 0 Å². The minimum absolute atomic E-state index is 0.191. The van der Waals surface area contributed by atoms with Crippen molar-refractivity contribution in [3.8, 4) is 0 Å². The van der Waals surface area contributed by atoms with Crippen LogP contribution in [0.25, 0.3) is 0 Å². The molecule has 16 heteroatoms. The molecule has 4 aliphatic rings. The first-order valence-electron chi connectivity index (χ1n) is 14.0. The van der Waals surface area contributed by atoms with Crippen molar-refractivity contribution in [3.63, 3.8) is 0 Å². The first kappa shape index (κ1) is 29.8. The van der Waals surface area contributed by atoms with E-state index in [2.05, 4.69) is 35.9 Å². The average molecular weight is 595 g/mol. The van der Waals surface area contributed by atoms with E-state index in [1.165, 1.54) is 37.2 Å². The number of imide groups is 2. The van der Waals surface area contributed by atoms with E-state index < -0.39 is 34.8 Å². The van der Waals surface area contributed by atoms with Crippen LogP contribution in [0.1, 0.15) is 46.5 Å². The van der Waals surface area contributed by atoms with E-state index in [9.17, 15) is 24.0 Å². The molecular weight excluding hydrogens is 560 g/mol. The molecule has 4 saturated heterocycles. The van der Waals surface area contributed by atoms with Gasteiger partial charge in [-0.05, 0) is 59.5 Å². The second-order valence-electron chi connectivity index (χ2n) is 11.7. The number of carbonyl (C=O) groups is 5. The van der Waals surface area contributed by atoms with Gasteiger partial charge in [0.15, 0.2) is 11.6 Å². The second-order valence-corrected chi connectivity index (χ2v) is 11.7. The van der Waals surface area contributed by atoms with Crippen LogP contribution >= 0.6 is 0 Å². The van der Waals surface area contributed by atoms with Crippen molar-refractivity contribution >= 4 is 41.6 Å². The van der Waals surface area contributed by atoms with E-state index in [4.69, 9.17) is 4.74 Å². The van der Waals surface area contributed by atoms with E-state index in [1.54, 1.807) is 25.7 Å². The number of ether oxygens (including phenoxy) is 1. The van der Waals surface area contributed by atoms with Gasteiger partial charge in [0.2, 0.25) is 0 Å². The molecule has 0 bridgehead atoms. The number of carbonyl (C=O) groups excluding carboxylic acids is 5. The van der Waals surface area contributed by atoms with E-state index in [1.807, 2.05) is 0 Å². The van der Waals surface area contributed by atoms with Gasteiger partial charge in [0.1, 0.15) is 16.7 Å². The molecule has 2 aromatic rings. The number of nitrogens with one attached hydrogen (secondary N) is 3. The first-order valence-corrected chi connectivity index (χ1v) is 14.0. The second kappa shape index (κ2) is 11.5. The summed E-state index contributed by atoms with van der Waals surface area (Å²) in [4.78, 5) is 81.1. The predicted octanol–water partition coefficient (Wildman–Crippen LogP) is 0.958. The topological polar surface area (TPSA) is 192 Å². The Hall–Kier alpha value is -4.73. The summed E-state index contributed by atoms with van der Waals surface area (Å²) >= 11 is 0. The number of urea groups is 2. The summed E-state index contributed by atoms with van der Waals surface area (Å²) in [6.45, 7) is 7.51. The lowest BCUT2D eigenvalue weighted by Gasteiger charge is -2.37. The van der Waals surface area contributed by atoms with Crippen molar-refractivity contribution in [2.75, 3.05) is 36.0 Å². The monoisotopic (exact) mass is 594 g/mol. The van der Waals surface area contributed by atoms with Crippen LogP contribution in [-0.4, -0.2) is 97.7 Å². The smallest absolute Gasteiger partial charge is 0.410 e. The maximum absolute atomic E-state index is 12.8. The van der Waals surface area contributed by atoms with E-state index in [-0.39, 0.29) is 23.5 Å². The Bertz CT molecular complexity index is 1390. The highest BCUT2D eigenvalue weighted by molar-refractivity contribution is 6.23. The largest absolute Gasteiger partial charge is 0.444 e. The lowest BCUT2D eigenvalue weighted by molar-refractivity contribution is -0.124. The third-order valence-electron chi connectivity index (χ3n) is 7.61. The molecule has 4 fully saturated rings. The van der Waals surface area contributed by atoms with Gasteiger partial charge >= 0.3 is 18.2 Å². The molecule has 2 spiro atoms. The van der Waals surface area contributed by atoms with Crippen LogP contribution in [0.2, 0.25) is 0 Å². The minimum atomic E-state index is -1.01. The summed E-state index contributed by atoms with van der Waals surface area (Å²) in [6, 6.07) is -0.932. The number of amides is 7. The van der Waals surface area contributed by atoms with Crippen molar-refractivity contribution in [1.82, 2.24) is 40.8 Å². The fourth-order valence-corrected chi connectivity index (χ4v) is 5.40. The maximum Gasteiger partial charge on any atom is 0.410 e. The SMILES string of the molecule is CC(C)(C)OC(=O)N1CCC2(CC1)NC(=O)N(c1cnccn1)C2=O.O=C1NC2(CCNCC2)C(=O)N1c1cnccn1. The first-order chi connectivity index (χ1) is 20.4. The summed E-state index contributed by atoms with van der Waals surface area (Å²) in [5.41, 5.74) is -2.35. The quantitative estimate of drug-likeness (QED) is 0.420. The number of rotatable bonds is 2. The van der Waals surface area contributed by atoms with Gasteiger partial charge in [0, 0.05) is 37.9 Å². The molecule has 6 heterocycles. The van der Waals surface area contributed by atoms with Crippen molar-refractivity contribution < 1.29 is 28.7 Å². The van der Waals surface area contributed by atoms with Crippen molar-refractivity contribution in [2.45, 2.75) is 63.1 Å². The molecule has 0 saturated carbocycles. The number of hydrogen-bond acceptors (Lipinski definition) is 11. The number of aromatic nitrogens is 4. The van der Waals surface area contributed by atoms with Crippen LogP contribution < -0.4 is 25.8 Å². The van der Waals surface area contributed by atoms with Gasteiger partial charge < -0.3 is 25.6 Å². The predicted molar refractivity (Wildman–Crippen MR) is 151 cm³/mol. The lowest BCUT2D eigenvalue weighted by Crippen LogP contribution is -2.56. The van der Waals surface area contributed by atoms with Gasteiger partial charge in [-0.2, -0.15) is 0 Å². The zero-order valence-electron chi connectivity index (χ0n) is 24.2. The molecule has 4 aliphatic heterocycles. The van der Waals surface area contributed by atoms with Crippen molar-refractivity contribution in [2.24, 2.45) is 0 Å². The molecule has 43 heavy (non-hydrogen) atoms. The highest BCUT2D eigenvalue weighted by Crippen LogP contribution is 2.32. The molecule has 0 radical (unpaired) electrons. The average Bonchev–Trinajstić information content (AvgIpc) is 3.36. The number of piperidine rings is 2. The highest BCUT2D eigenvalue weighted by atomic mass is 16.6. The van der Waals surface area contributed by atoms with Gasteiger partial charge in [-0.25, -0.2) is 34.2 Å². The Balaban J connectivity index is 0.000000180. The highest BCUT2D eigenvalue weighted by Gasteiger charge is 2.54. The van der Waals surface area contributed by atoms with Crippen molar-refractivity contribution in [3.05, 3.63) is 37.2 Å². The Labute approximate surface area is 247 Å². The molecule has 0 unspecified atom stereocenters.